The predicted molar refractivity (Wildman–Crippen MR) is 77.3 cm³/mol. The maximum Gasteiger partial charge on any atom is 0.330 e. The lowest BCUT2D eigenvalue weighted by Crippen LogP contribution is -2.51. The Hall–Kier alpha value is -2.15. The zero-order chi connectivity index (χ0) is 14.9. The number of piperidine rings is 1. The molecule has 3 rings (SSSR count). The molecule has 3 heterocycles. The van der Waals surface area contributed by atoms with E-state index in [9.17, 15) is 14.7 Å². The van der Waals surface area contributed by atoms with E-state index >= 15 is 0 Å². The van der Waals surface area contributed by atoms with Crippen molar-refractivity contribution in [3.63, 3.8) is 0 Å². The number of likely N-dealkylation sites (tertiary alicyclic amines) is 1. The fraction of sp³-hybridized carbons (Fsp3) is 0.357. The molecule has 1 amide bonds. The number of carbonyl (C=O) groups is 2. The van der Waals surface area contributed by atoms with Crippen LogP contribution in [0.15, 0.2) is 36.2 Å². The number of nitrogens with zero attached hydrogens (tertiary/aromatic N) is 3. The third-order valence-electron chi connectivity index (χ3n) is 4.01. The van der Waals surface area contributed by atoms with Gasteiger partial charge in [0, 0.05) is 25.5 Å². The Morgan fingerprint density at radius 1 is 1.33 bits per heavy atom. The normalized spacial score (nSPS) is 17.6. The first-order valence-corrected chi connectivity index (χ1v) is 7.56. The Morgan fingerprint density at radius 2 is 2.10 bits per heavy atom. The summed E-state index contributed by atoms with van der Waals surface area (Å²) in [6.45, 7) is 0.864. The molecule has 0 aromatic carbocycles. The lowest BCUT2D eigenvalue weighted by atomic mass is 9.87. The smallest absolute Gasteiger partial charge is 0.330 e. The molecule has 2 aromatic heterocycles. The maximum absolute atomic E-state index is 12.3. The van der Waals surface area contributed by atoms with E-state index in [1.807, 2.05) is 11.4 Å². The minimum absolute atomic E-state index is 0.0189. The number of aliphatic carboxylic acids is 1. The van der Waals surface area contributed by atoms with Gasteiger partial charge in [0.05, 0.1) is 11.2 Å². The maximum atomic E-state index is 12.3. The van der Waals surface area contributed by atoms with Crippen molar-refractivity contribution in [3.05, 3.63) is 41.1 Å². The fourth-order valence-electron chi connectivity index (χ4n) is 2.73. The van der Waals surface area contributed by atoms with Crippen molar-refractivity contribution in [2.24, 2.45) is 0 Å². The molecular formula is C14H15N3O3S. The highest BCUT2D eigenvalue weighted by Crippen LogP contribution is 2.31. The summed E-state index contributed by atoms with van der Waals surface area (Å²) in [6.07, 6.45) is 5.55. The Balaban J connectivity index is 1.77. The van der Waals surface area contributed by atoms with Crippen molar-refractivity contribution >= 4 is 23.2 Å². The van der Waals surface area contributed by atoms with E-state index in [2.05, 4.69) is 4.98 Å². The number of aromatic nitrogens is 2. The van der Waals surface area contributed by atoms with Crippen LogP contribution in [0.5, 0.6) is 0 Å². The number of carboxylic acids is 1. The second-order valence-electron chi connectivity index (χ2n) is 5.08. The van der Waals surface area contributed by atoms with Gasteiger partial charge in [-0.1, -0.05) is 6.07 Å². The molecule has 0 aliphatic carbocycles. The van der Waals surface area contributed by atoms with E-state index in [-0.39, 0.29) is 5.91 Å². The number of hydrogen-bond acceptors (Lipinski definition) is 4. The fourth-order valence-corrected chi connectivity index (χ4v) is 3.42. The third-order valence-corrected chi connectivity index (χ3v) is 4.86. The van der Waals surface area contributed by atoms with Crippen molar-refractivity contribution in [1.29, 1.82) is 0 Å². The lowest BCUT2D eigenvalue weighted by Gasteiger charge is -2.39. The zero-order valence-corrected chi connectivity index (χ0v) is 12.1. The van der Waals surface area contributed by atoms with E-state index in [0.29, 0.717) is 30.8 Å². The van der Waals surface area contributed by atoms with Crippen LogP contribution in [-0.2, 0) is 10.3 Å². The highest BCUT2D eigenvalue weighted by molar-refractivity contribution is 7.12. The summed E-state index contributed by atoms with van der Waals surface area (Å²) in [7, 11) is 0. The van der Waals surface area contributed by atoms with Crippen molar-refractivity contribution in [2.45, 2.75) is 18.4 Å². The molecule has 1 N–H and O–H groups in total. The monoisotopic (exact) mass is 305 g/mol. The Bertz CT molecular complexity index is 628. The minimum Gasteiger partial charge on any atom is -0.479 e. The van der Waals surface area contributed by atoms with Gasteiger partial charge in [0.15, 0.2) is 0 Å². The standard InChI is InChI=1S/C14H15N3O3S/c18-12(11-2-1-9-21-11)16-6-3-14(4-7-16,13(19)20)17-8-5-15-10-17/h1-2,5,8-10H,3-4,6-7H2,(H,19,20). The van der Waals surface area contributed by atoms with Gasteiger partial charge in [0.2, 0.25) is 0 Å². The van der Waals surface area contributed by atoms with E-state index in [4.69, 9.17) is 0 Å². The van der Waals surface area contributed by atoms with Crippen molar-refractivity contribution in [1.82, 2.24) is 14.5 Å². The average molecular weight is 305 g/mol. The van der Waals surface area contributed by atoms with Crippen LogP contribution in [0.25, 0.3) is 0 Å². The number of carboxylic acid groups (broad SMARTS) is 1. The topological polar surface area (TPSA) is 75.4 Å². The molecule has 21 heavy (non-hydrogen) atoms. The highest BCUT2D eigenvalue weighted by atomic mass is 32.1. The summed E-state index contributed by atoms with van der Waals surface area (Å²) in [5, 5.41) is 11.5. The Labute approximate surface area is 125 Å². The van der Waals surface area contributed by atoms with Gasteiger partial charge in [-0.2, -0.15) is 0 Å². The first-order valence-electron chi connectivity index (χ1n) is 6.68. The van der Waals surface area contributed by atoms with Crippen LogP contribution in [0.3, 0.4) is 0 Å². The molecule has 0 radical (unpaired) electrons. The Kier molecular flexibility index (Phi) is 3.50. The molecular weight excluding hydrogens is 290 g/mol. The second kappa shape index (κ2) is 5.33. The van der Waals surface area contributed by atoms with Crippen LogP contribution in [-0.4, -0.2) is 44.5 Å². The highest BCUT2D eigenvalue weighted by Gasteiger charge is 2.44. The van der Waals surface area contributed by atoms with Gasteiger partial charge in [0.25, 0.3) is 5.91 Å². The van der Waals surface area contributed by atoms with Crippen LogP contribution < -0.4 is 0 Å². The molecule has 0 unspecified atom stereocenters. The summed E-state index contributed by atoms with van der Waals surface area (Å²) in [5.41, 5.74) is -0.997. The van der Waals surface area contributed by atoms with Crippen LogP contribution in [0.2, 0.25) is 0 Å². The third kappa shape index (κ3) is 2.33. The van der Waals surface area contributed by atoms with Gasteiger partial charge in [-0.25, -0.2) is 9.78 Å². The Morgan fingerprint density at radius 3 is 2.62 bits per heavy atom. The molecule has 110 valence electrons. The molecule has 0 atom stereocenters. The lowest BCUT2D eigenvalue weighted by molar-refractivity contribution is -0.150. The molecule has 0 spiro atoms. The number of imidazole rings is 1. The van der Waals surface area contributed by atoms with Gasteiger partial charge in [0.1, 0.15) is 5.54 Å². The molecule has 7 heteroatoms. The van der Waals surface area contributed by atoms with Crippen LogP contribution in [0.1, 0.15) is 22.5 Å². The largest absolute Gasteiger partial charge is 0.479 e. The van der Waals surface area contributed by atoms with Crippen LogP contribution >= 0.6 is 11.3 Å². The van der Waals surface area contributed by atoms with Crippen molar-refractivity contribution in [2.75, 3.05) is 13.1 Å². The van der Waals surface area contributed by atoms with Gasteiger partial charge >= 0.3 is 5.97 Å². The van der Waals surface area contributed by atoms with E-state index in [0.717, 1.165) is 0 Å². The van der Waals surface area contributed by atoms with Crippen LogP contribution in [0.4, 0.5) is 0 Å². The molecule has 1 fully saturated rings. The van der Waals surface area contributed by atoms with Crippen LogP contribution in [0, 0.1) is 0 Å². The van der Waals surface area contributed by atoms with E-state index in [1.165, 1.54) is 17.7 Å². The average Bonchev–Trinajstić information content (AvgIpc) is 3.19. The zero-order valence-electron chi connectivity index (χ0n) is 11.3. The molecule has 1 aliphatic rings. The van der Waals surface area contributed by atoms with Gasteiger partial charge in [-0.05, 0) is 24.3 Å². The molecule has 1 saturated heterocycles. The van der Waals surface area contributed by atoms with Gasteiger partial charge < -0.3 is 14.6 Å². The summed E-state index contributed by atoms with van der Waals surface area (Å²) < 4.78 is 1.64. The summed E-state index contributed by atoms with van der Waals surface area (Å²) in [5.74, 6) is -0.890. The molecule has 6 nitrogen and oxygen atoms in total. The number of thiophene rings is 1. The minimum atomic E-state index is -0.997. The molecule has 0 bridgehead atoms. The quantitative estimate of drug-likeness (QED) is 0.936. The van der Waals surface area contributed by atoms with Crippen molar-refractivity contribution < 1.29 is 14.7 Å². The number of carbonyl (C=O) groups excluding carboxylic acids is 1. The summed E-state index contributed by atoms with van der Waals surface area (Å²) in [6, 6.07) is 3.64. The number of rotatable bonds is 3. The first kappa shape index (κ1) is 13.8. The first-order chi connectivity index (χ1) is 10.1. The summed E-state index contributed by atoms with van der Waals surface area (Å²) >= 11 is 1.41. The predicted octanol–water partition coefficient (Wildman–Crippen LogP) is 1.66. The van der Waals surface area contributed by atoms with E-state index < -0.39 is 11.5 Å². The number of hydrogen-bond donors (Lipinski definition) is 1. The SMILES string of the molecule is O=C(c1cccs1)N1CCC(C(=O)O)(n2ccnc2)CC1. The molecule has 2 aromatic rings. The van der Waals surface area contributed by atoms with Gasteiger partial charge in [-0.3, -0.25) is 4.79 Å². The molecule has 0 saturated carbocycles. The van der Waals surface area contributed by atoms with E-state index in [1.54, 1.807) is 27.9 Å². The van der Waals surface area contributed by atoms with Gasteiger partial charge in [-0.15, -0.1) is 11.3 Å². The number of amides is 1. The second-order valence-corrected chi connectivity index (χ2v) is 6.02. The van der Waals surface area contributed by atoms with Crippen molar-refractivity contribution in [3.8, 4) is 0 Å². The molecule has 1 aliphatic heterocycles. The summed E-state index contributed by atoms with van der Waals surface area (Å²) in [4.78, 5) is 30.4.